The SMILES string of the molecule is NC(=O)c1cncc(OCc2cccc(NS(=O)(=O)c3cccc(Cl)c3)c2)c1. The Kier molecular flexibility index (Phi) is 5.81. The second-order valence-corrected chi connectivity index (χ2v) is 7.94. The number of halogens is 1. The minimum absolute atomic E-state index is 0.0657. The van der Waals surface area contributed by atoms with Crippen molar-refractivity contribution in [1.29, 1.82) is 0 Å². The van der Waals surface area contributed by atoms with Crippen molar-refractivity contribution in [2.75, 3.05) is 4.72 Å². The molecule has 2 aromatic carbocycles. The summed E-state index contributed by atoms with van der Waals surface area (Å²) in [5.41, 5.74) is 6.55. The molecule has 28 heavy (non-hydrogen) atoms. The average Bonchev–Trinajstić information content (AvgIpc) is 2.66. The van der Waals surface area contributed by atoms with Crippen LogP contribution in [0.3, 0.4) is 0 Å². The van der Waals surface area contributed by atoms with Crippen molar-refractivity contribution >= 4 is 33.2 Å². The Hall–Kier alpha value is -3.10. The van der Waals surface area contributed by atoms with Gasteiger partial charge in [0.1, 0.15) is 12.4 Å². The van der Waals surface area contributed by atoms with Gasteiger partial charge in [0.25, 0.3) is 10.0 Å². The van der Waals surface area contributed by atoms with Gasteiger partial charge in [-0.3, -0.25) is 14.5 Å². The standard InChI is InChI=1S/C19H16ClN3O4S/c20-15-4-2-6-18(9-15)28(25,26)23-16-5-1-3-13(7-16)12-27-17-8-14(19(21)24)10-22-11-17/h1-11,23H,12H2,(H2,21,24). The molecule has 3 rings (SSSR count). The van der Waals surface area contributed by atoms with Gasteiger partial charge < -0.3 is 10.5 Å². The summed E-state index contributed by atoms with van der Waals surface area (Å²) in [5.74, 6) is -0.225. The highest BCUT2D eigenvalue weighted by atomic mass is 35.5. The van der Waals surface area contributed by atoms with E-state index in [4.69, 9.17) is 22.1 Å². The third-order valence-electron chi connectivity index (χ3n) is 3.69. The third kappa shape index (κ3) is 4.99. The van der Waals surface area contributed by atoms with Gasteiger partial charge in [0.2, 0.25) is 5.91 Å². The Morgan fingerprint density at radius 2 is 1.89 bits per heavy atom. The van der Waals surface area contributed by atoms with Gasteiger partial charge in [0, 0.05) is 16.9 Å². The van der Waals surface area contributed by atoms with Gasteiger partial charge in [-0.25, -0.2) is 8.42 Å². The number of carbonyl (C=O) groups excluding carboxylic acids is 1. The predicted octanol–water partition coefficient (Wildman–Crippen LogP) is 3.21. The number of primary amides is 1. The molecule has 0 fully saturated rings. The Morgan fingerprint density at radius 1 is 1.11 bits per heavy atom. The lowest BCUT2D eigenvalue weighted by Gasteiger charge is -2.11. The van der Waals surface area contributed by atoms with E-state index < -0.39 is 15.9 Å². The first-order chi connectivity index (χ1) is 13.3. The molecular weight excluding hydrogens is 402 g/mol. The number of rotatable bonds is 7. The van der Waals surface area contributed by atoms with Crippen LogP contribution in [0.4, 0.5) is 5.69 Å². The van der Waals surface area contributed by atoms with Crippen LogP contribution in [0.25, 0.3) is 0 Å². The summed E-state index contributed by atoms with van der Waals surface area (Å²) in [6.45, 7) is 0.149. The molecule has 3 aromatic rings. The highest BCUT2D eigenvalue weighted by Gasteiger charge is 2.14. The molecule has 0 saturated heterocycles. The summed E-state index contributed by atoms with van der Waals surface area (Å²) < 4.78 is 33.1. The number of nitrogens with one attached hydrogen (secondary N) is 1. The van der Waals surface area contributed by atoms with Crippen molar-refractivity contribution < 1.29 is 17.9 Å². The molecule has 0 aliphatic carbocycles. The van der Waals surface area contributed by atoms with Crippen molar-refractivity contribution in [2.24, 2.45) is 5.73 Å². The van der Waals surface area contributed by atoms with Crippen molar-refractivity contribution in [2.45, 2.75) is 11.5 Å². The number of aromatic nitrogens is 1. The van der Waals surface area contributed by atoms with Gasteiger partial charge in [0.05, 0.1) is 16.7 Å². The number of sulfonamides is 1. The van der Waals surface area contributed by atoms with Crippen molar-refractivity contribution in [3.05, 3.63) is 83.1 Å². The topological polar surface area (TPSA) is 111 Å². The summed E-state index contributed by atoms with van der Waals surface area (Å²) in [5, 5.41) is 0.330. The van der Waals surface area contributed by atoms with Gasteiger partial charge in [-0.15, -0.1) is 0 Å². The molecule has 1 heterocycles. The average molecular weight is 418 g/mol. The first-order valence-corrected chi connectivity index (χ1v) is 9.94. The fraction of sp³-hybridized carbons (Fsp3) is 0.0526. The molecule has 0 aliphatic rings. The maximum Gasteiger partial charge on any atom is 0.261 e. The number of carbonyl (C=O) groups is 1. The Morgan fingerprint density at radius 3 is 2.64 bits per heavy atom. The van der Waals surface area contributed by atoms with Crippen LogP contribution < -0.4 is 15.2 Å². The van der Waals surface area contributed by atoms with Crippen LogP contribution in [0.2, 0.25) is 5.02 Å². The molecule has 0 unspecified atom stereocenters. The summed E-state index contributed by atoms with van der Waals surface area (Å²) in [4.78, 5) is 15.2. The van der Waals surface area contributed by atoms with Crippen LogP contribution in [0.15, 0.2) is 71.9 Å². The Labute approximate surface area is 167 Å². The van der Waals surface area contributed by atoms with Crippen LogP contribution in [0, 0.1) is 0 Å². The largest absolute Gasteiger partial charge is 0.487 e. The summed E-state index contributed by atoms with van der Waals surface area (Å²) in [7, 11) is -3.77. The lowest BCUT2D eigenvalue weighted by Crippen LogP contribution is -2.13. The Balaban J connectivity index is 1.72. The molecule has 0 spiro atoms. The van der Waals surface area contributed by atoms with Gasteiger partial charge in [-0.2, -0.15) is 0 Å². The van der Waals surface area contributed by atoms with Gasteiger partial charge in [0.15, 0.2) is 0 Å². The molecule has 0 radical (unpaired) electrons. The number of hydrogen-bond acceptors (Lipinski definition) is 5. The number of anilines is 1. The number of hydrogen-bond donors (Lipinski definition) is 2. The monoisotopic (exact) mass is 417 g/mol. The number of ether oxygens (including phenoxy) is 1. The zero-order valence-corrected chi connectivity index (χ0v) is 16.1. The molecule has 0 bridgehead atoms. The molecule has 7 nitrogen and oxygen atoms in total. The van der Waals surface area contributed by atoms with Crippen LogP contribution in [0.1, 0.15) is 15.9 Å². The fourth-order valence-electron chi connectivity index (χ4n) is 2.37. The summed E-state index contributed by atoms with van der Waals surface area (Å²) in [6, 6.07) is 14.2. The number of pyridine rings is 1. The highest BCUT2D eigenvalue weighted by Crippen LogP contribution is 2.21. The van der Waals surface area contributed by atoms with E-state index in [9.17, 15) is 13.2 Å². The second-order valence-electron chi connectivity index (χ2n) is 5.83. The van der Waals surface area contributed by atoms with Crippen LogP contribution in [-0.4, -0.2) is 19.3 Å². The molecule has 9 heteroatoms. The minimum atomic E-state index is -3.77. The lowest BCUT2D eigenvalue weighted by atomic mass is 10.2. The summed E-state index contributed by atoms with van der Waals surface area (Å²) >= 11 is 5.87. The van der Waals surface area contributed by atoms with Gasteiger partial charge in [-0.05, 0) is 42.0 Å². The molecule has 3 N–H and O–H groups in total. The predicted molar refractivity (Wildman–Crippen MR) is 106 cm³/mol. The van der Waals surface area contributed by atoms with E-state index >= 15 is 0 Å². The maximum absolute atomic E-state index is 12.5. The molecule has 0 saturated carbocycles. The summed E-state index contributed by atoms with van der Waals surface area (Å²) in [6.07, 6.45) is 2.80. The van der Waals surface area contributed by atoms with E-state index in [-0.39, 0.29) is 17.1 Å². The van der Waals surface area contributed by atoms with Crippen LogP contribution in [-0.2, 0) is 16.6 Å². The minimum Gasteiger partial charge on any atom is -0.487 e. The highest BCUT2D eigenvalue weighted by molar-refractivity contribution is 7.92. The van der Waals surface area contributed by atoms with E-state index in [0.717, 1.165) is 5.56 Å². The lowest BCUT2D eigenvalue weighted by molar-refractivity contribution is 0.0999. The van der Waals surface area contributed by atoms with Crippen molar-refractivity contribution in [3.8, 4) is 5.75 Å². The molecule has 144 valence electrons. The van der Waals surface area contributed by atoms with Gasteiger partial charge in [-0.1, -0.05) is 29.8 Å². The molecule has 0 atom stereocenters. The normalized spacial score (nSPS) is 11.0. The third-order valence-corrected chi connectivity index (χ3v) is 5.30. The molecule has 1 amide bonds. The first kappa shape index (κ1) is 19.7. The van der Waals surface area contributed by atoms with Crippen LogP contribution >= 0.6 is 11.6 Å². The molecule has 0 aliphatic heterocycles. The quantitative estimate of drug-likeness (QED) is 0.613. The zero-order chi connectivity index (χ0) is 20.1. The van der Waals surface area contributed by atoms with E-state index in [1.165, 1.54) is 30.6 Å². The number of amides is 1. The van der Waals surface area contributed by atoms with E-state index in [1.807, 2.05) is 0 Å². The first-order valence-electron chi connectivity index (χ1n) is 8.08. The Bertz CT molecular complexity index is 1120. The van der Waals surface area contributed by atoms with Crippen molar-refractivity contribution in [3.63, 3.8) is 0 Å². The van der Waals surface area contributed by atoms with Gasteiger partial charge >= 0.3 is 0 Å². The number of benzene rings is 2. The van der Waals surface area contributed by atoms with E-state index in [2.05, 4.69) is 9.71 Å². The maximum atomic E-state index is 12.5. The van der Waals surface area contributed by atoms with Crippen molar-refractivity contribution in [1.82, 2.24) is 4.98 Å². The molecule has 1 aromatic heterocycles. The molecular formula is C19H16ClN3O4S. The van der Waals surface area contributed by atoms with E-state index in [1.54, 1.807) is 36.4 Å². The smallest absolute Gasteiger partial charge is 0.261 e. The number of nitrogens with zero attached hydrogens (tertiary/aromatic N) is 1. The van der Waals surface area contributed by atoms with E-state index in [0.29, 0.717) is 16.5 Å². The second kappa shape index (κ2) is 8.28. The zero-order valence-electron chi connectivity index (χ0n) is 14.5. The number of nitrogens with two attached hydrogens (primary N) is 1. The fourth-order valence-corrected chi connectivity index (χ4v) is 3.72. The van der Waals surface area contributed by atoms with Crippen LogP contribution in [0.5, 0.6) is 5.75 Å².